The maximum absolute atomic E-state index is 14.1. The van der Waals surface area contributed by atoms with Crippen molar-refractivity contribution in [1.82, 2.24) is 15.2 Å². The van der Waals surface area contributed by atoms with Gasteiger partial charge in [-0.1, -0.05) is 30.3 Å². The Balaban J connectivity index is 1.51. The molecule has 4 rings (SSSR count). The number of amides is 2. The predicted molar refractivity (Wildman–Crippen MR) is 125 cm³/mol. The fourth-order valence-corrected chi connectivity index (χ4v) is 4.33. The monoisotopic (exact) mass is 463 g/mol. The van der Waals surface area contributed by atoms with E-state index >= 15 is 0 Å². The fourth-order valence-electron chi connectivity index (χ4n) is 4.33. The number of carbonyl (C=O) groups is 2. The van der Waals surface area contributed by atoms with Crippen molar-refractivity contribution in [3.63, 3.8) is 0 Å². The van der Waals surface area contributed by atoms with Gasteiger partial charge in [-0.2, -0.15) is 0 Å². The number of hydrogen-bond donors (Lipinski definition) is 1. The molecule has 1 aliphatic heterocycles. The normalized spacial score (nSPS) is 15.9. The summed E-state index contributed by atoms with van der Waals surface area (Å²) < 4.78 is 27.6. The Morgan fingerprint density at radius 1 is 1.06 bits per heavy atom. The van der Waals surface area contributed by atoms with Crippen molar-refractivity contribution in [3.05, 3.63) is 101 Å². The molecule has 5 nitrogen and oxygen atoms in total. The number of rotatable bonds is 6. The van der Waals surface area contributed by atoms with E-state index in [1.165, 1.54) is 24.3 Å². The van der Waals surface area contributed by atoms with Gasteiger partial charge in [0.25, 0.3) is 5.91 Å². The Morgan fingerprint density at radius 2 is 1.82 bits per heavy atom. The number of halogens is 2. The number of benzene rings is 2. The van der Waals surface area contributed by atoms with E-state index in [0.29, 0.717) is 18.5 Å². The third kappa shape index (κ3) is 5.14. The minimum atomic E-state index is -1.20. The summed E-state index contributed by atoms with van der Waals surface area (Å²) in [5.41, 5.74) is 0.984. The van der Waals surface area contributed by atoms with E-state index in [9.17, 15) is 18.4 Å². The van der Waals surface area contributed by atoms with E-state index in [2.05, 4.69) is 5.32 Å². The van der Waals surface area contributed by atoms with Gasteiger partial charge in [0.2, 0.25) is 5.91 Å². The van der Waals surface area contributed by atoms with Crippen LogP contribution in [0.5, 0.6) is 0 Å². The van der Waals surface area contributed by atoms with Gasteiger partial charge in [0.15, 0.2) is 0 Å². The molecule has 0 aliphatic carbocycles. The van der Waals surface area contributed by atoms with Crippen molar-refractivity contribution in [2.24, 2.45) is 0 Å². The van der Waals surface area contributed by atoms with Crippen LogP contribution in [-0.4, -0.2) is 33.8 Å². The number of carbonyl (C=O) groups excluding carboxylic acids is 2. The quantitative estimate of drug-likeness (QED) is 0.570. The molecule has 1 aromatic heterocycles. The van der Waals surface area contributed by atoms with E-state index in [0.717, 1.165) is 30.3 Å². The first-order valence-corrected chi connectivity index (χ1v) is 11.3. The first kappa shape index (κ1) is 23.5. The molecule has 1 saturated heterocycles. The lowest BCUT2D eigenvalue weighted by atomic mass is 10.0. The van der Waals surface area contributed by atoms with Gasteiger partial charge in [0.05, 0.1) is 11.7 Å². The number of nitrogens with zero attached hydrogens (tertiary/aromatic N) is 2. The molecule has 0 unspecified atom stereocenters. The van der Waals surface area contributed by atoms with E-state index in [1.54, 1.807) is 36.9 Å². The molecule has 0 saturated carbocycles. The number of hydrogen-bond acceptors (Lipinski definition) is 3. The fraction of sp³-hybridized carbons (Fsp3) is 0.296. The predicted octanol–water partition coefficient (Wildman–Crippen LogP) is 4.82. The van der Waals surface area contributed by atoms with Crippen molar-refractivity contribution in [2.45, 2.75) is 44.7 Å². The summed E-state index contributed by atoms with van der Waals surface area (Å²) in [6, 6.07) is 17.3. The molecule has 0 radical (unpaired) electrons. The number of aromatic nitrogens is 1. The van der Waals surface area contributed by atoms with Crippen LogP contribution in [0.1, 0.15) is 60.0 Å². The molecule has 34 heavy (non-hydrogen) atoms. The standard InChI is InChI=1S/C27H27F2N3O2/c1-27(2,31-25(33)19-9-5-10-20(28)16-19)26(34)32-15-7-14-24(32)23-13-6-11-21(30-23)17-18-8-3-4-12-22(18)29/h3-6,8-13,16,24H,7,14-15,17H2,1-2H3,(H,31,33)/t24-/m1/s1. The zero-order valence-electron chi connectivity index (χ0n) is 19.2. The van der Waals surface area contributed by atoms with E-state index in [1.807, 2.05) is 18.2 Å². The zero-order chi connectivity index (χ0) is 24.3. The minimum absolute atomic E-state index is 0.154. The summed E-state index contributed by atoms with van der Waals surface area (Å²) >= 11 is 0. The lowest BCUT2D eigenvalue weighted by Crippen LogP contribution is -2.55. The molecular weight excluding hydrogens is 436 g/mol. The molecule has 2 aromatic carbocycles. The van der Waals surface area contributed by atoms with Crippen LogP contribution in [-0.2, 0) is 11.2 Å². The smallest absolute Gasteiger partial charge is 0.252 e. The van der Waals surface area contributed by atoms with Gasteiger partial charge < -0.3 is 10.2 Å². The second kappa shape index (κ2) is 9.71. The van der Waals surface area contributed by atoms with E-state index < -0.39 is 17.3 Å². The molecule has 1 N–H and O–H groups in total. The molecule has 1 aliphatic rings. The van der Waals surface area contributed by atoms with Crippen molar-refractivity contribution >= 4 is 11.8 Å². The molecule has 1 atom stereocenters. The van der Waals surface area contributed by atoms with Crippen LogP contribution in [0, 0.1) is 11.6 Å². The summed E-state index contributed by atoms with van der Waals surface area (Å²) in [5, 5.41) is 2.74. The van der Waals surface area contributed by atoms with E-state index in [-0.39, 0.29) is 23.3 Å². The Kier molecular flexibility index (Phi) is 6.72. The highest BCUT2D eigenvalue weighted by atomic mass is 19.1. The van der Waals surface area contributed by atoms with Crippen LogP contribution in [0.3, 0.4) is 0 Å². The van der Waals surface area contributed by atoms with Gasteiger partial charge in [-0.3, -0.25) is 14.6 Å². The highest BCUT2D eigenvalue weighted by molar-refractivity contribution is 5.99. The number of pyridine rings is 1. The first-order valence-electron chi connectivity index (χ1n) is 11.3. The van der Waals surface area contributed by atoms with Gasteiger partial charge in [0.1, 0.15) is 17.2 Å². The molecule has 176 valence electrons. The molecule has 2 amide bonds. The maximum atomic E-state index is 14.1. The highest BCUT2D eigenvalue weighted by Crippen LogP contribution is 2.33. The molecular formula is C27H27F2N3O2. The summed E-state index contributed by atoms with van der Waals surface area (Å²) in [4.78, 5) is 32.6. The summed E-state index contributed by atoms with van der Waals surface area (Å²) in [7, 11) is 0. The topological polar surface area (TPSA) is 62.3 Å². The van der Waals surface area contributed by atoms with Gasteiger partial charge in [0, 0.05) is 24.2 Å². The maximum Gasteiger partial charge on any atom is 0.252 e. The molecule has 0 spiro atoms. The highest BCUT2D eigenvalue weighted by Gasteiger charge is 2.40. The SMILES string of the molecule is CC(C)(NC(=O)c1cccc(F)c1)C(=O)N1CCC[C@@H]1c1cccc(Cc2ccccc2F)n1. The van der Waals surface area contributed by atoms with Crippen molar-refractivity contribution < 1.29 is 18.4 Å². The Hall–Kier alpha value is -3.61. The third-order valence-electron chi connectivity index (χ3n) is 6.06. The van der Waals surface area contributed by atoms with Crippen LogP contribution in [0.25, 0.3) is 0 Å². The van der Waals surface area contributed by atoms with Crippen molar-refractivity contribution in [1.29, 1.82) is 0 Å². The Labute approximate surface area is 197 Å². The molecule has 3 aromatic rings. The average Bonchev–Trinajstić information content (AvgIpc) is 3.30. The van der Waals surface area contributed by atoms with Crippen LogP contribution < -0.4 is 5.32 Å². The van der Waals surface area contributed by atoms with E-state index in [4.69, 9.17) is 4.98 Å². The molecule has 7 heteroatoms. The molecule has 1 fully saturated rings. The van der Waals surface area contributed by atoms with Crippen LogP contribution in [0.4, 0.5) is 8.78 Å². The zero-order valence-corrected chi connectivity index (χ0v) is 19.2. The lowest BCUT2D eigenvalue weighted by molar-refractivity contribution is -0.137. The average molecular weight is 464 g/mol. The minimum Gasteiger partial charge on any atom is -0.338 e. The second-order valence-corrected chi connectivity index (χ2v) is 9.07. The Morgan fingerprint density at radius 3 is 2.59 bits per heavy atom. The Bertz CT molecular complexity index is 1210. The van der Waals surface area contributed by atoms with Gasteiger partial charge in [-0.05, 0) is 68.7 Å². The number of nitrogens with one attached hydrogen (secondary N) is 1. The third-order valence-corrected chi connectivity index (χ3v) is 6.06. The van der Waals surface area contributed by atoms with Gasteiger partial charge in [-0.15, -0.1) is 0 Å². The van der Waals surface area contributed by atoms with Crippen LogP contribution in [0.15, 0.2) is 66.7 Å². The summed E-state index contributed by atoms with van der Waals surface area (Å²) in [6.07, 6.45) is 1.91. The molecule has 0 bridgehead atoms. The van der Waals surface area contributed by atoms with Crippen LogP contribution in [0.2, 0.25) is 0 Å². The van der Waals surface area contributed by atoms with Crippen LogP contribution >= 0.6 is 0 Å². The van der Waals surface area contributed by atoms with Crippen molar-refractivity contribution in [3.8, 4) is 0 Å². The first-order chi connectivity index (χ1) is 16.2. The second-order valence-electron chi connectivity index (χ2n) is 9.07. The van der Waals surface area contributed by atoms with Gasteiger partial charge in [-0.25, -0.2) is 8.78 Å². The largest absolute Gasteiger partial charge is 0.338 e. The summed E-state index contributed by atoms with van der Waals surface area (Å²) in [5.74, 6) is -1.54. The molecule has 2 heterocycles. The lowest BCUT2D eigenvalue weighted by Gasteiger charge is -2.33. The van der Waals surface area contributed by atoms with Crippen molar-refractivity contribution in [2.75, 3.05) is 6.54 Å². The number of likely N-dealkylation sites (tertiary alicyclic amines) is 1. The summed E-state index contributed by atoms with van der Waals surface area (Å²) in [6.45, 7) is 3.83. The van der Waals surface area contributed by atoms with Gasteiger partial charge >= 0.3 is 0 Å².